The number of carboxylic acids is 1. The van der Waals surface area contributed by atoms with Crippen LogP contribution in [0, 0.1) is 17.8 Å². The lowest BCUT2D eigenvalue weighted by molar-refractivity contribution is -0.148. The predicted octanol–water partition coefficient (Wildman–Crippen LogP) is 0.548. The molecule has 98 valence electrons. The molecule has 2 rings (SSSR count). The molecule has 17 heavy (non-hydrogen) atoms. The average molecular weight is 262 g/mol. The Hall–Kier alpha value is -0.620. The van der Waals surface area contributed by atoms with Gasteiger partial charge in [-0.15, -0.1) is 0 Å². The Bertz CT molecular complexity index is 383. The number of hydrogen-bond acceptors (Lipinski definition) is 4. The Labute approximate surface area is 101 Å². The molecule has 2 saturated heterocycles. The summed E-state index contributed by atoms with van der Waals surface area (Å²) in [5.41, 5.74) is 0. The minimum atomic E-state index is -3.02. The molecule has 6 heteroatoms. The van der Waals surface area contributed by atoms with Gasteiger partial charge in [0, 0.05) is 6.61 Å². The second-order valence-corrected chi connectivity index (χ2v) is 7.23. The van der Waals surface area contributed by atoms with Crippen LogP contribution in [-0.2, 0) is 19.4 Å². The predicted molar refractivity (Wildman–Crippen MR) is 61.4 cm³/mol. The summed E-state index contributed by atoms with van der Waals surface area (Å²) < 4.78 is 28.2. The lowest BCUT2D eigenvalue weighted by Crippen LogP contribution is -2.36. The fraction of sp³-hybridized carbons (Fsp3) is 0.909. The Kier molecular flexibility index (Phi) is 3.73. The summed E-state index contributed by atoms with van der Waals surface area (Å²) in [5.74, 6) is -1.53. The zero-order valence-corrected chi connectivity index (χ0v) is 10.5. The lowest BCUT2D eigenvalue weighted by Gasteiger charge is -2.30. The molecule has 1 N–H and O–H groups in total. The molecule has 0 aromatic carbocycles. The first-order valence-electron chi connectivity index (χ1n) is 6.00. The minimum Gasteiger partial charge on any atom is -0.481 e. The van der Waals surface area contributed by atoms with Crippen molar-refractivity contribution in [1.29, 1.82) is 0 Å². The fourth-order valence-corrected chi connectivity index (χ4v) is 4.80. The molecule has 3 unspecified atom stereocenters. The molecule has 0 aliphatic carbocycles. The number of carbonyl (C=O) groups is 1. The van der Waals surface area contributed by atoms with E-state index in [2.05, 4.69) is 0 Å². The molecule has 0 radical (unpaired) electrons. The van der Waals surface area contributed by atoms with Gasteiger partial charge in [-0.05, 0) is 31.1 Å². The maximum atomic E-state index is 11.4. The maximum absolute atomic E-state index is 11.4. The van der Waals surface area contributed by atoms with Crippen LogP contribution in [0.4, 0.5) is 0 Å². The van der Waals surface area contributed by atoms with E-state index >= 15 is 0 Å². The van der Waals surface area contributed by atoms with E-state index in [0.717, 1.165) is 12.8 Å². The molecular formula is C11H18O5S. The lowest BCUT2D eigenvalue weighted by atomic mass is 9.78. The maximum Gasteiger partial charge on any atom is 0.307 e. The van der Waals surface area contributed by atoms with Crippen LogP contribution >= 0.6 is 0 Å². The van der Waals surface area contributed by atoms with Crippen LogP contribution in [0.25, 0.3) is 0 Å². The van der Waals surface area contributed by atoms with E-state index in [1.807, 2.05) is 0 Å². The highest BCUT2D eigenvalue weighted by Crippen LogP contribution is 2.34. The number of sulfone groups is 1. The summed E-state index contributed by atoms with van der Waals surface area (Å²) in [6.07, 6.45) is 2.18. The summed E-state index contributed by atoms with van der Waals surface area (Å²) in [6, 6.07) is 0. The van der Waals surface area contributed by atoms with Gasteiger partial charge >= 0.3 is 5.97 Å². The standard InChI is InChI=1S/C11H18O5S/c12-11(13)10(8-2-1-4-16-6-8)9-3-5-17(14,15)7-9/h8-10H,1-7H2,(H,12,13). The fourth-order valence-electron chi connectivity index (χ4n) is 2.94. The summed E-state index contributed by atoms with van der Waals surface area (Å²) in [4.78, 5) is 11.3. The second kappa shape index (κ2) is 4.94. The second-order valence-electron chi connectivity index (χ2n) is 5.00. The van der Waals surface area contributed by atoms with Crippen molar-refractivity contribution in [2.24, 2.45) is 17.8 Å². The molecule has 0 aromatic heterocycles. The molecule has 0 amide bonds. The van der Waals surface area contributed by atoms with Gasteiger partial charge < -0.3 is 9.84 Å². The van der Waals surface area contributed by atoms with Crippen molar-refractivity contribution in [3.05, 3.63) is 0 Å². The van der Waals surface area contributed by atoms with Gasteiger partial charge in [-0.1, -0.05) is 0 Å². The van der Waals surface area contributed by atoms with Crippen LogP contribution in [0.15, 0.2) is 0 Å². The number of aliphatic carboxylic acids is 1. The van der Waals surface area contributed by atoms with Crippen LogP contribution in [0.3, 0.4) is 0 Å². The zero-order chi connectivity index (χ0) is 12.5. The molecule has 5 nitrogen and oxygen atoms in total. The van der Waals surface area contributed by atoms with Gasteiger partial charge in [-0.2, -0.15) is 0 Å². The van der Waals surface area contributed by atoms with E-state index in [4.69, 9.17) is 4.74 Å². The molecule has 0 saturated carbocycles. The summed E-state index contributed by atoms with van der Waals surface area (Å²) in [7, 11) is -3.02. The Morgan fingerprint density at radius 1 is 1.29 bits per heavy atom. The van der Waals surface area contributed by atoms with E-state index in [9.17, 15) is 18.3 Å². The highest BCUT2D eigenvalue weighted by molar-refractivity contribution is 7.91. The third kappa shape index (κ3) is 2.98. The number of carboxylic acid groups (broad SMARTS) is 1. The van der Waals surface area contributed by atoms with Gasteiger partial charge in [0.15, 0.2) is 9.84 Å². The molecule has 3 atom stereocenters. The third-order valence-corrected chi connectivity index (χ3v) is 5.56. The van der Waals surface area contributed by atoms with Crippen molar-refractivity contribution in [3.8, 4) is 0 Å². The molecule has 0 aromatic rings. The smallest absolute Gasteiger partial charge is 0.307 e. The number of rotatable bonds is 3. The van der Waals surface area contributed by atoms with Crippen LogP contribution in [0.5, 0.6) is 0 Å². The van der Waals surface area contributed by atoms with Gasteiger partial charge in [0.1, 0.15) is 0 Å². The van der Waals surface area contributed by atoms with E-state index in [1.165, 1.54) is 0 Å². The molecule has 0 bridgehead atoms. The molecule has 2 fully saturated rings. The van der Waals surface area contributed by atoms with Gasteiger partial charge in [-0.25, -0.2) is 8.42 Å². The molecule has 2 aliphatic rings. The number of hydrogen-bond donors (Lipinski definition) is 1. The molecule has 2 heterocycles. The van der Waals surface area contributed by atoms with Crippen molar-refractivity contribution >= 4 is 15.8 Å². The summed E-state index contributed by atoms with van der Waals surface area (Å²) >= 11 is 0. The van der Waals surface area contributed by atoms with Crippen LogP contribution in [-0.4, -0.2) is 44.2 Å². The Morgan fingerprint density at radius 2 is 2.06 bits per heavy atom. The largest absolute Gasteiger partial charge is 0.481 e. The normalized spacial score (nSPS) is 34.4. The molecular weight excluding hydrogens is 244 g/mol. The van der Waals surface area contributed by atoms with Gasteiger partial charge in [0.2, 0.25) is 0 Å². The van der Waals surface area contributed by atoms with Crippen LogP contribution < -0.4 is 0 Å². The Balaban J connectivity index is 2.09. The molecule has 2 aliphatic heterocycles. The minimum absolute atomic E-state index is 0.0282. The first-order valence-corrected chi connectivity index (χ1v) is 7.83. The van der Waals surface area contributed by atoms with Crippen molar-refractivity contribution in [2.75, 3.05) is 24.7 Å². The van der Waals surface area contributed by atoms with Crippen molar-refractivity contribution < 1.29 is 23.1 Å². The third-order valence-electron chi connectivity index (χ3n) is 3.76. The van der Waals surface area contributed by atoms with E-state index < -0.39 is 21.7 Å². The topological polar surface area (TPSA) is 80.7 Å². The van der Waals surface area contributed by atoms with Gasteiger partial charge in [-0.3, -0.25) is 4.79 Å². The summed E-state index contributed by atoms with van der Waals surface area (Å²) in [5, 5.41) is 9.31. The Morgan fingerprint density at radius 3 is 2.53 bits per heavy atom. The average Bonchev–Trinajstić information content (AvgIpc) is 2.60. The van der Waals surface area contributed by atoms with Crippen molar-refractivity contribution in [3.63, 3.8) is 0 Å². The van der Waals surface area contributed by atoms with E-state index in [0.29, 0.717) is 19.6 Å². The first-order chi connectivity index (χ1) is 7.99. The SMILES string of the molecule is O=C(O)C(C1CCCOC1)C1CCS(=O)(=O)C1. The van der Waals surface area contributed by atoms with E-state index in [1.54, 1.807) is 0 Å². The van der Waals surface area contributed by atoms with Crippen LogP contribution in [0.2, 0.25) is 0 Å². The highest BCUT2D eigenvalue weighted by atomic mass is 32.2. The zero-order valence-electron chi connectivity index (χ0n) is 9.67. The first kappa shape index (κ1) is 12.8. The number of ether oxygens (including phenoxy) is 1. The van der Waals surface area contributed by atoms with Crippen LogP contribution in [0.1, 0.15) is 19.3 Å². The van der Waals surface area contributed by atoms with Gasteiger partial charge in [0.25, 0.3) is 0 Å². The highest BCUT2D eigenvalue weighted by Gasteiger charge is 2.41. The van der Waals surface area contributed by atoms with Gasteiger partial charge in [0.05, 0.1) is 24.0 Å². The molecule has 0 spiro atoms. The van der Waals surface area contributed by atoms with E-state index in [-0.39, 0.29) is 23.3 Å². The monoisotopic (exact) mass is 262 g/mol. The van der Waals surface area contributed by atoms with Crippen molar-refractivity contribution in [1.82, 2.24) is 0 Å². The summed E-state index contributed by atoms with van der Waals surface area (Å²) in [6.45, 7) is 1.14. The quantitative estimate of drug-likeness (QED) is 0.803. The van der Waals surface area contributed by atoms with Crippen molar-refractivity contribution in [2.45, 2.75) is 19.3 Å².